The standard InChI is InChI=1S/C15H19NO4/c1-3-4-10-19-14(17)11(2)15(18)20-13(16)12-8-6-5-7-9-12/h5-9,13H,2-4,10,16H2,1H3. The molecule has 5 nitrogen and oxygen atoms in total. The van der Waals surface area contributed by atoms with E-state index >= 15 is 0 Å². The zero-order valence-corrected chi connectivity index (χ0v) is 11.5. The van der Waals surface area contributed by atoms with E-state index in [2.05, 4.69) is 6.58 Å². The fourth-order valence-corrected chi connectivity index (χ4v) is 1.38. The molecule has 1 aromatic carbocycles. The van der Waals surface area contributed by atoms with Crippen molar-refractivity contribution in [2.24, 2.45) is 5.73 Å². The lowest BCUT2D eigenvalue weighted by Crippen LogP contribution is -2.23. The Morgan fingerprint density at radius 2 is 1.90 bits per heavy atom. The van der Waals surface area contributed by atoms with Crippen LogP contribution in [0.5, 0.6) is 0 Å². The summed E-state index contributed by atoms with van der Waals surface area (Å²) in [5.41, 5.74) is 6.00. The highest BCUT2D eigenvalue weighted by Crippen LogP contribution is 2.13. The molecule has 0 fully saturated rings. The Morgan fingerprint density at radius 1 is 1.25 bits per heavy atom. The summed E-state index contributed by atoms with van der Waals surface area (Å²) in [4.78, 5) is 23.2. The van der Waals surface area contributed by atoms with Gasteiger partial charge in [-0.1, -0.05) is 50.3 Å². The summed E-state index contributed by atoms with van der Waals surface area (Å²) in [6.45, 7) is 5.60. The normalized spacial score (nSPS) is 11.5. The van der Waals surface area contributed by atoms with Crippen LogP contribution in [0.1, 0.15) is 31.6 Å². The van der Waals surface area contributed by atoms with Crippen molar-refractivity contribution in [3.63, 3.8) is 0 Å². The maximum Gasteiger partial charge on any atom is 0.346 e. The van der Waals surface area contributed by atoms with E-state index in [4.69, 9.17) is 15.2 Å². The summed E-state index contributed by atoms with van der Waals surface area (Å²) in [6, 6.07) is 8.82. The molecule has 2 N–H and O–H groups in total. The van der Waals surface area contributed by atoms with Crippen molar-refractivity contribution in [2.75, 3.05) is 6.61 Å². The second kappa shape index (κ2) is 8.12. The Morgan fingerprint density at radius 3 is 2.50 bits per heavy atom. The number of hydrogen-bond acceptors (Lipinski definition) is 5. The molecule has 0 heterocycles. The van der Waals surface area contributed by atoms with Gasteiger partial charge < -0.3 is 9.47 Å². The molecule has 1 rings (SSSR count). The van der Waals surface area contributed by atoms with Gasteiger partial charge in [0.15, 0.2) is 6.23 Å². The Bertz CT molecular complexity index is 470. The average Bonchev–Trinajstić information content (AvgIpc) is 2.47. The largest absolute Gasteiger partial charge is 0.462 e. The van der Waals surface area contributed by atoms with Crippen LogP contribution in [-0.2, 0) is 19.1 Å². The van der Waals surface area contributed by atoms with Crippen LogP contribution in [0.2, 0.25) is 0 Å². The summed E-state index contributed by atoms with van der Waals surface area (Å²) in [7, 11) is 0. The van der Waals surface area contributed by atoms with Crippen LogP contribution in [0.25, 0.3) is 0 Å². The SMILES string of the molecule is C=C(C(=O)OCCCC)C(=O)OC(N)c1ccccc1. The molecule has 1 aromatic rings. The molecule has 0 saturated carbocycles. The predicted molar refractivity (Wildman–Crippen MR) is 74.5 cm³/mol. The maximum absolute atomic E-state index is 11.7. The third kappa shape index (κ3) is 4.85. The van der Waals surface area contributed by atoms with E-state index in [-0.39, 0.29) is 12.2 Å². The molecule has 0 radical (unpaired) electrons. The van der Waals surface area contributed by atoms with Gasteiger partial charge in [-0.3, -0.25) is 5.73 Å². The number of ether oxygens (including phenoxy) is 2. The average molecular weight is 277 g/mol. The minimum atomic E-state index is -0.941. The first-order valence-corrected chi connectivity index (χ1v) is 6.43. The first-order valence-electron chi connectivity index (χ1n) is 6.43. The minimum absolute atomic E-state index is 0.256. The molecule has 1 atom stereocenters. The fourth-order valence-electron chi connectivity index (χ4n) is 1.38. The topological polar surface area (TPSA) is 78.6 Å². The molecule has 0 bridgehead atoms. The Labute approximate surface area is 118 Å². The van der Waals surface area contributed by atoms with Crippen LogP contribution in [0.4, 0.5) is 0 Å². The Hall–Kier alpha value is -2.14. The van der Waals surface area contributed by atoms with E-state index in [0.29, 0.717) is 5.56 Å². The Kier molecular flexibility index (Phi) is 6.46. The summed E-state index contributed by atoms with van der Waals surface area (Å²) >= 11 is 0. The molecular weight excluding hydrogens is 258 g/mol. The smallest absolute Gasteiger partial charge is 0.346 e. The Balaban J connectivity index is 2.49. The van der Waals surface area contributed by atoms with Gasteiger partial charge in [-0.25, -0.2) is 9.59 Å². The van der Waals surface area contributed by atoms with Gasteiger partial charge >= 0.3 is 11.9 Å². The number of hydrogen-bond donors (Lipinski definition) is 1. The van der Waals surface area contributed by atoms with E-state index < -0.39 is 18.2 Å². The van der Waals surface area contributed by atoms with E-state index in [1.165, 1.54) is 0 Å². The second-order valence-corrected chi connectivity index (χ2v) is 4.20. The van der Waals surface area contributed by atoms with E-state index in [1.807, 2.05) is 13.0 Å². The molecule has 0 aliphatic heterocycles. The summed E-state index contributed by atoms with van der Waals surface area (Å²) in [5, 5.41) is 0. The third-order valence-electron chi connectivity index (χ3n) is 2.59. The highest BCUT2D eigenvalue weighted by atomic mass is 16.6. The van der Waals surface area contributed by atoms with Gasteiger partial charge in [0.2, 0.25) is 0 Å². The van der Waals surface area contributed by atoms with Crippen molar-refractivity contribution in [2.45, 2.75) is 26.0 Å². The van der Waals surface area contributed by atoms with Crippen molar-refractivity contribution < 1.29 is 19.1 Å². The molecule has 0 aromatic heterocycles. The van der Waals surface area contributed by atoms with Crippen molar-refractivity contribution in [1.29, 1.82) is 0 Å². The first kappa shape index (κ1) is 15.9. The van der Waals surface area contributed by atoms with E-state index in [9.17, 15) is 9.59 Å². The number of rotatable bonds is 7. The van der Waals surface area contributed by atoms with Crippen molar-refractivity contribution >= 4 is 11.9 Å². The fraction of sp³-hybridized carbons (Fsp3) is 0.333. The van der Waals surface area contributed by atoms with Gasteiger partial charge in [0.1, 0.15) is 5.57 Å². The number of esters is 2. The van der Waals surface area contributed by atoms with Gasteiger partial charge in [-0.2, -0.15) is 0 Å². The number of nitrogens with two attached hydrogens (primary N) is 1. The first-order chi connectivity index (χ1) is 9.56. The van der Waals surface area contributed by atoms with Gasteiger partial charge in [0, 0.05) is 5.56 Å². The van der Waals surface area contributed by atoms with Gasteiger partial charge in [0.05, 0.1) is 6.61 Å². The van der Waals surface area contributed by atoms with Crippen LogP contribution in [0, 0.1) is 0 Å². The lowest BCUT2D eigenvalue weighted by atomic mass is 10.2. The highest BCUT2D eigenvalue weighted by Gasteiger charge is 2.21. The third-order valence-corrected chi connectivity index (χ3v) is 2.59. The van der Waals surface area contributed by atoms with E-state index in [0.717, 1.165) is 12.8 Å². The lowest BCUT2D eigenvalue weighted by molar-refractivity contribution is -0.150. The molecule has 1 unspecified atom stereocenters. The zero-order chi connectivity index (χ0) is 15.0. The lowest BCUT2D eigenvalue weighted by Gasteiger charge is -2.14. The molecule has 20 heavy (non-hydrogen) atoms. The van der Waals surface area contributed by atoms with Crippen molar-refractivity contribution in [3.05, 3.63) is 48.0 Å². The zero-order valence-electron chi connectivity index (χ0n) is 11.5. The van der Waals surface area contributed by atoms with Crippen molar-refractivity contribution in [3.8, 4) is 0 Å². The van der Waals surface area contributed by atoms with Crippen LogP contribution in [0.15, 0.2) is 42.5 Å². The second-order valence-electron chi connectivity index (χ2n) is 4.20. The minimum Gasteiger partial charge on any atom is -0.462 e. The molecule has 0 amide bonds. The predicted octanol–water partition coefficient (Wildman–Crippen LogP) is 2.09. The molecule has 0 spiro atoms. The molecular formula is C15H19NO4. The molecule has 0 aliphatic rings. The number of benzene rings is 1. The molecule has 108 valence electrons. The van der Waals surface area contributed by atoms with Crippen molar-refractivity contribution in [1.82, 2.24) is 0 Å². The monoisotopic (exact) mass is 277 g/mol. The summed E-state index contributed by atoms with van der Waals surface area (Å²) < 4.78 is 9.84. The summed E-state index contributed by atoms with van der Waals surface area (Å²) in [5.74, 6) is -1.65. The molecule has 0 saturated heterocycles. The maximum atomic E-state index is 11.7. The van der Waals surface area contributed by atoms with Gasteiger partial charge in [0.25, 0.3) is 0 Å². The molecule has 5 heteroatoms. The number of carbonyl (C=O) groups excluding carboxylic acids is 2. The number of carbonyl (C=O) groups is 2. The molecule has 0 aliphatic carbocycles. The van der Waals surface area contributed by atoms with Crippen LogP contribution in [0.3, 0.4) is 0 Å². The summed E-state index contributed by atoms with van der Waals surface area (Å²) in [6.07, 6.45) is 0.685. The van der Waals surface area contributed by atoms with Gasteiger partial charge in [-0.05, 0) is 6.42 Å². The van der Waals surface area contributed by atoms with Crippen LogP contribution < -0.4 is 5.73 Å². The highest BCUT2D eigenvalue weighted by molar-refractivity contribution is 6.13. The van der Waals surface area contributed by atoms with Crippen LogP contribution >= 0.6 is 0 Å². The van der Waals surface area contributed by atoms with Crippen LogP contribution in [-0.4, -0.2) is 18.5 Å². The van der Waals surface area contributed by atoms with E-state index in [1.54, 1.807) is 24.3 Å². The quantitative estimate of drug-likeness (QED) is 0.206. The number of unbranched alkanes of at least 4 members (excludes halogenated alkanes) is 1. The van der Waals surface area contributed by atoms with Gasteiger partial charge in [-0.15, -0.1) is 0 Å².